The number of carbonyl (C=O) groups is 1. The van der Waals surface area contributed by atoms with Crippen molar-refractivity contribution in [1.82, 2.24) is 9.29 Å². The third-order valence-corrected chi connectivity index (χ3v) is 7.52. The van der Waals surface area contributed by atoms with Gasteiger partial charge in [0, 0.05) is 18.7 Å². The van der Waals surface area contributed by atoms with E-state index < -0.39 is 10.0 Å². The number of hydrogen-bond donors (Lipinski definition) is 1. The summed E-state index contributed by atoms with van der Waals surface area (Å²) in [6.07, 6.45) is 1.75. The summed E-state index contributed by atoms with van der Waals surface area (Å²) in [5, 5.41) is 3.48. The first kappa shape index (κ1) is 19.0. The van der Waals surface area contributed by atoms with Crippen molar-refractivity contribution in [1.29, 1.82) is 0 Å². The van der Waals surface area contributed by atoms with E-state index in [2.05, 4.69) is 10.3 Å². The molecule has 6 nitrogen and oxygen atoms in total. The quantitative estimate of drug-likeness (QED) is 0.619. The highest BCUT2D eigenvalue weighted by Crippen LogP contribution is 2.26. The van der Waals surface area contributed by atoms with Gasteiger partial charge in [0.1, 0.15) is 5.82 Å². The molecule has 1 aliphatic heterocycles. The molecule has 0 atom stereocenters. The standard InChI is InChI=1S/C19H18FN3O3S2/c20-14-5-8-16-18(11-14)27-19(22-16)21-12-17(24)13-3-6-15(7-4-13)28(25,26)23-9-1-2-10-23/h3-8,11H,1-2,9-10,12H2,(H,21,22). The number of nitrogens with one attached hydrogen (secondary N) is 1. The Morgan fingerprint density at radius 2 is 1.86 bits per heavy atom. The molecule has 2 aromatic carbocycles. The van der Waals surface area contributed by atoms with E-state index in [-0.39, 0.29) is 23.0 Å². The molecule has 0 bridgehead atoms. The minimum absolute atomic E-state index is 0.0144. The maximum Gasteiger partial charge on any atom is 0.243 e. The van der Waals surface area contributed by atoms with Crippen molar-refractivity contribution < 1.29 is 17.6 Å². The third-order valence-electron chi connectivity index (χ3n) is 4.63. The van der Waals surface area contributed by atoms with Gasteiger partial charge in [0.15, 0.2) is 10.9 Å². The number of halogens is 1. The fraction of sp³-hybridized carbons (Fsp3) is 0.263. The van der Waals surface area contributed by atoms with Crippen molar-refractivity contribution in [2.45, 2.75) is 17.7 Å². The Bertz CT molecular complexity index is 1120. The minimum atomic E-state index is -3.49. The molecule has 1 saturated heterocycles. The highest BCUT2D eigenvalue weighted by molar-refractivity contribution is 7.89. The molecular weight excluding hydrogens is 401 g/mol. The van der Waals surface area contributed by atoms with Crippen molar-refractivity contribution in [2.75, 3.05) is 25.0 Å². The largest absolute Gasteiger partial charge is 0.354 e. The minimum Gasteiger partial charge on any atom is -0.354 e. The lowest BCUT2D eigenvalue weighted by Gasteiger charge is -2.15. The van der Waals surface area contributed by atoms with Crippen LogP contribution in [-0.2, 0) is 10.0 Å². The molecule has 3 aromatic rings. The van der Waals surface area contributed by atoms with Gasteiger partial charge in [-0.15, -0.1) is 0 Å². The van der Waals surface area contributed by atoms with Gasteiger partial charge >= 0.3 is 0 Å². The van der Waals surface area contributed by atoms with Gasteiger partial charge in [-0.2, -0.15) is 4.31 Å². The molecular formula is C19H18FN3O3S2. The number of Topliss-reactive ketones (excluding diaryl/α,β-unsaturated/α-hetero) is 1. The Balaban J connectivity index is 1.43. The van der Waals surface area contributed by atoms with Gasteiger partial charge in [0.25, 0.3) is 0 Å². The van der Waals surface area contributed by atoms with Crippen LogP contribution in [0, 0.1) is 5.82 Å². The third kappa shape index (κ3) is 3.78. The first-order valence-corrected chi connectivity index (χ1v) is 11.1. The SMILES string of the molecule is O=C(CNc1nc2ccc(F)cc2s1)c1ccc(S(=O)(=O)N2CCCC2)cc1. The topological polar surface area (TPSA) is 79.4 Å². The second-order valence-electron chi connectivity index (χ2n) is 6.54. The Labute approximate surface area is 166 Å². The van der Waals surface area contributed by atoms with Crippen LogP contribution in [0.4, 0.5) is 9.52 Å². The number of ketones is 1. The molecule has 0 amide bonds. The zero-order valence-electron chi connectivity index (χ0n) is 14.9. The van der Waals surface area contributed by atoms with E-state index in [1.807, 2.05) is 0 Å². The zero-order chi connectivity index (χ0) is 19.7. The number of benzene rings is 2. The van der Waals surface area contributed by atoms with Gasteiger partial charge in [-0.25, -0.2) is 17.8 Å². The van der Waals surface area contributed by atoms with Crippen LogP contribution in [0.2, 0.25) is 0 Å². The van der Waals surface area contributed by atoms with E-state index in [4.69, 9.17) is 0 Å². The number of thiazole rings is 1. The highest BCUT2D eigenvalue weighted by Gasteiger charge is 2.27. The molecule has 1 N–H and O–H groups in total. The lowest BCUT2D eigenvalue weighted by molar-refractivity contribution is 0.101. The number of carbonyl (C=O) groups excluding carboxylic acids is 1. The van der Waals surface area contributed by atoms with Crippen molar-refractivity contribution in [3.8, 4) is 0 Å². The van der Waals surface area contributed by atoms with Crippen molar-refractivity contribution in [2.24, 2.45) is 0 Å². The Morgan fingerprint density at radius 1 is 1.14 bits per heavy atom. The number of fused-ring (bicyclic) bond motifs is 1. The number of anilines is 1. The number of nitrogens with zero attached hydrogens (tertiary/aromatic N) is 2. The summed E-state index contributed by atoms with van der Waals surface area (Å²) < 4.78 is 40.5. The Kier molecular flexibility index (Phi) is 5.13. The van der Waals surface area contributed by atoms with E-state index in [9.17, 15) is 17.6 Å². The average molecular weight is 420 g/mol. The van der Waals surface area contributed by atoms with Crippen molar-refractivity contribution in [3.63, 3.8) is 0 Å². The van der Waals surface area contributed by atoms with Gasteiger partial charge < -0.3 is 5.32 Å². The summed E-state index contributed by atoms with van der Waals surface area (Å²) in [7, 11) is -3.49. The van der Waals surface area contributed by atoms with Crippen molar-refractivity contribution in [3.05, 3.63) is 53.8 Å². The summed E-state index contributed by atoms with van der Waals surface area (Å²) in [6.45, 7) is 1.10. The summed E-state index contributed by atoms with van der Waals surface area (Å²) in [6, 6.07) is 10.3. The van der Waals surface area contributed by atoms with Crippen LogP contribution in [0.1, 0.15) is 23.2 Å². The Morgan fingerprint density at radius 3 is 2.57 bits per heavy atom. The maximum atomic E-state index is 13.3. The summed E-state index contributed by atoms with van der Waals surface area (Å²) in [5.41, 5.74) is 1.08. The predicted octanol–water partition coefficient (Wildman–Crippen LogP) is 3.51. The Hall–Kier alpha value is -2.36. The summed E-state index contributed by atoms with van der Waals surface area (Å²) in [4.78, 5) is 16.9. The lowest BCUT2D eigenvalue weighted by atomic mass is 10.1. The maximum absolute atomic E-state index is 13.3. The number of sulfonamides is 1. The smallest absolute Gasteiger partial charge is 0.243 e. The van der Waals surface area contributed by atoms with E-state index in [0.717, 1.165) is 12.8 Å². The lowest BCUT2D eigenvalue weighted by Crippen LogP contribution is -2.27. The molecule has 9 heteroatoms. The zero-order valence-corrected chi connectivity index (χ0v) is 16.5. The number of rotatable bonds is 6. The van der Waals surface area contributed by atoms with E-state index in [0.29, 0.717) is 34.0 Å². The monoisotopic (exact) mass is 419 g/mol. The molecule has 146 valence electrons. The molecule has 0 spiro atoms. The van der Waals surface area contributed by atoms with E-state index in [1.165, 1.54) is 52.0 Å². The van der Waals surface area contributed by atoms with Crippen molar-refractivity contribution >= 4 is 42.5 Å². The number of hydrogen-bond acceptors (Lipinski definition) is 6. The van der Waals surface area contributed by atoms with Crippen LogP contribution in [0.5, 0.6) is 0 Å². The van der Waals surface area contributed by atoms with E-state index in [1.54, 1.807) is 6.07 Å². The van der Waals surface area contributed by atoms with Crippen LogP contribution in [-0.4, -0.2) is 43.1 Å². The molecule has 0 radical (unpaired) electrons. The summed E-state index contributed by atoms with van der Waals surface area (Å²) >= 11 is 1.27. The van der Waals surface area contributed by atoms with Gasteiger partial charge in [0.2, 0.25) is 10.0 Å². The van der Waals surface area contributed by atoms with Gasteiger partial charge in [-0.05, 0) is 55.3 Å². The molecule has 4 rings (SSSR count). The molecule has 0 aliphatic carbocycles. The predicted molar refractivity (Wildman–Crippen MR) is 107 cm³/mol. The highest BCUT2D eigenvalue weighted by atomic mass is 32.2. The second-order valence-corrected chi connectivity index (χ2v) is 9.51. The molecule has 0 unspecified atom stereocenters. The molecule has 1 aliphatic rings. The van der Waals surface area contributed by atoms with Crippen LogP contribution in [0.25, 0.3) is 10.2 Å². The van der Waals surface area contributed by atoms with Gasteiger partial charge in [-0.1, -0.05) is 11.3 Å². The molecule has 28 heavy (non-hydrogen) atoms. The molecule has 0 saturated carbocycles. The van der Waals surface area contributed by atoms with Crippen LogP contribution in [0.15, 0.2) is 47.4 Å². The normalized spacial score (nSPS) is 15.2. The molecule has 1 aromatic heterocycles. The first-order valence-electron chi connectivity index (χ1n) is 8.87. The van der Waals surface area contributed by atoms with Crippen LogP contribution < -0.4 is 5.32 Å². The summed E-state index contributed by atoms with van der Waals surface area (Å²) in [5.74, 6) is -0.515. The fourth-order valence-corrected chi connectivity index (χ4v) is 5.53. The number of aromatic nitrogens is 1. The van der Waals surface area contributed by atoms with Crippen LogP contribution >= 0.6 is 11.3 Å². The first-order chi connectivity index (χ1) is 13.4. The van der Waals surface area contributed by atoms with Gasteiger partial charge in [0.05, 0.1) is 21.7 Å². The van der Waals surface area contributed by atoms with E-state index >= 15 is 0 Å². The fourth-order valence-electron chi connectivity index (χ4n) is 3.12. The molecule has 2 heterocycles. The van der Waals surface area contributed by atoms with Crippen LogP contribution in [0.3, 0.4) is 0 Å². The average Bonchev–Trinajstić information content (AvgIpc) is 3.36. The van der Waals surface area contributed by atoms with Gasteiger partial charge in [-0.3, -0.25) is 4.79 Å². The second kappa shape index (κ2) is 7.57. The molecule has 1 fully saturated rings.